The summed E-state index contributed by atoms with van der Waals surface area (Å²) in [5.74, 6) is 1.51. The number of allylic oxidation sites excluding steroid dienone is 6. The fraction of sp³-hybridized carbons (Fsp3) is 0.647. The summed E-state index contributed by atoms with van der Waals surface area (Å²) >= 11 is 0. The van der Waals surface area contributed by atoms with Crippen molar-refractivity contribution >= 4 is 0 Å². The number of fused-ring (bicyclic) bond motifs is 1. The molecular formula is C17H32. The first-order valence-corrected chi connectivity index (χ1v) is 7.39. The molecule has 0 amide bonds. The molecule has 0 heterocycles. The maximum atomic E-state index is 2.36. The van der Waals surface area contributed by atoms with E-state index in [1.165, 1.54) is 18.4 Å². The van der Waals surface area contributed by atoms with Crippen molar-refractivity contribution in [2.75, 3.05) is 0 Å². The fourth-order valence-electron chi connectivity index (χ4n) is 2.02. The Bertz CT molecular complexity index is 230. The highest BCUT2D eigenvalue weighted by molar-refractivity contribution is 5.27. The SMILES string of the molecule is CC.CC.CC.CC1=CC=CC2CCC=CC12. The molecular weight excluding hydrogens is 204 g/mol. The Morgan fingerprint density at radius 3 is 2.06 bits per heavy atom. The molecule has 0 saturated heterocycles. The molecule has 2 aliphatic carbocycles. The number of hydrogen-bond donors (Lipinski definition) is 0. The Kier molecular flexibility index (Phi) is 14.5. The Morgan fingerprint density at radius 1 is 0.941 bits per heavy atom. The average molecular weight is 236 g/mol. The third-order valence-electron chi connectivity index (χ3n) is 2.71. The molecule has 0 bridgehead atoms. The Balaban J connectivity index is 0. The van der Waals surface area contributed by atoms with Crippen molar-refractivity contribution in [3.63, 3.8) is 0 Å². The van der Waals surface area contributed by atoms with Crippen LogP contribution in [-0.2, 0) is 0 Å². The molecule has 0 nitrogen and oxygen atoms in total. The van der Waals surface area contributed by atoms with Gasteiger partial charge in [0, 0.05) is 5.92 Å². The lowest BCUT2D eigenvalue weighted by molar-refractivity contribution is 0.472. The van der Waals surface area contributed by atoms with Gasteiger partial charge in [-0.1, -0.05) is 77.5 Å². The first-order valence-electron chi connectivity index (χ1n) is 7.39. The van der Waals surface area contributed by atoms with Gasteiger partial charge in [0.1, 0.15) is 0 Å². The number of rotatable bonds is 0. The van der Waals surface area contributed by atoms with Crippen LogP contribution in [0.4, 0.5) is 0 Å². The van der Waals surface area contributed by atoms with Crippen molar-refractivity contribution in [1.82, 2.24) is 0 Å². The Morgan fingerprint density at radius 2 is 1.53 bits per heavy atom. The van der Waals surface area contributed by atoms with Crippen LogP contribution < -0.4 is 0 Å². The summed E-state index contributed by atoms with van der Waals surface area (Å²) < 4.78 is 0. The molecule has 0 fully saturated rings. The summed E-state index contributed by atoms with van der Waals surface area (Å²) in [5, 5.41) is 0. The van der Waals surface area contributed by atoms with Crippen LogP contribution >= 0.6 is 0 Å². The minimum Gasteiger partial charge on any atom is -0.0879 e. The first-order chi connectivity index (χ1) is 8.38. The van der Waals surface area contributed by atoms with Crippen molar-refractivity contribution in [3.8, 4) is 0 Å². The average Bonchev–Trinajstić information content (AvgIpc) is 2.46. The van der Waals surface area contributed by atoms with Gasteiger partial charge in [-0.15, -0.1) is 0 Å². The van der Waals surface area contributed by atoms with Crippen LogP contribution in [0, 0.1) is 11.8 Å². The highest BCUT2D eigenvalue weighted by atomic mass is 14.3. The van der Waals surface area contributed by atoms with Crippen LogP contribution in [0.1, 0.15) is 61.3 Å². The van der Waals surface area contributed by atoms with Gasteiger partial charge in [-0.2, -0.15) is 0 Å². The Hall–Kier alpha value is -0.780. The zero-order valence-electron chi connectivity index (χ0n) is 13.0. The van der Waals surface area contributed by atoms with Gasteiger partial charge in [-0.05, 0) is 25.7 Å². The van der Waals surface area contributed by atoms with E-state index in [1.54, 1.807) is 0 Å². The van der Waals surface area contributed by atoms with E-state index in [2.05, 4.69) is 37.3 Å². The molecule has 0 radical (unpaired) electrons. The molecule has 2 atom stereocenters. The molecule has 2 unspecified atom stereocenters. The summed E-state index contributed by atoms with van der Waals surface area (Å²) in [7, 11) is 0. The summed E-state index contributed by atoms with van der Waals surface area (Å²) in [6.07, 6.45) is 14.1. The van der Waals surface area contributed by atoms with Gasteiger partial charge in [0.25, 0.3) is 0 Å². The second kappa shape index (κ2) is 13.3. The summed E-state index contributed by atoms with van der Waals surface area (Å²) in [5.41, 5.74) is 1.52. The summed E-state index contributed by atoms with van der Waals surface area (Å²) in [4.78, 5) is 0. The van der Waals surface area contributed by atoms with E-state index in [4.69, 9.17) is 0 Å². The summed E-state index contributed by atoms with van der Waals surface area (Å²) in [6, 6.07) is 0. The van der Waals surface area contributed by atoms with Crippen LogP contribution in [0.3, 0.4) is 0 Å². The monoisotopic (exact) mass is 236 g/mol. The van der Waals surface area contributed by atoms with E-state index >= 15 is 0 Å². The molecule has 100 valence electrons. The van der Waals surface area contributed by atoms with Crippen LogP contribution in [-0.4, -0.2) is 0 Å². The standard InChI is InChI=1S/C11H14.3C2H6/c1-9-5-4-7-10-6-2-3-8-11(9)10;3*1-2/h3-5,7-8,10-11H,2,6H2,1H3;3*1-2H3. The minimum absolute atomic E-state index is 0.716. The van der Waals surface area contributed by atoms with E-state index in [1.807, 2.05) is 41.5 Å². The molecule has 0 aromatic carbocycles. The molecule has 0 N–H and O–H groups in total. The summed E-state index contributed by atoms with van der Waals surface area (Å²) in [6.45, 7) is 14.2. The van der Waals surface area contributed by atoms with Gasteiger partial charge in [-0.25, -0.2) is 0 Å². The lowest BCUT2D eigenvalue weighted by Gasteiger charge is -2.28. The van der Waals surface area contributed by atoms with Crippen molar-refractivity contribution in [3.05, 3.63) is 36.0 Å². The largest absolute Gasteiger partial charge is 0.0879 e. The van der Waals surface area contributed by atoms with Gasteiger partial charge in [0.2, 0.25) is 0 Å². The Labute approximate surface area is 110 Å². The van der Waals surface area contributed by atoms with Crippen molar-refractivity contribution in [2.24, 2.45) is 11.8 Å². The van der Waals surface area contributed by atoms with E-state index in [0.29, 0.717) is 5.92 Å². The third kappa shape index (κ3) is 6.51. The maximum Gasteiger partial charge on any atom is 0.00401 e. The predicted octanol–water partition coefficient (Wildman–Crippen LogP) is 6.16. The van der Waals surface area contributed by atoms with Crippen molar-refractivity contribution in [1.29, 1.82) is 0 Å². The van der Waals surface area contributed by atoms with Gasteiger partial charge in [0.15, 0.2) is 0 Å². The van der Waals surface area contributed by atoms with Gasteiger partial charge >= 0.3 is 0 Å². The highest BCUT2D eigenvalue weighted by Gasteiger charge is 2.21. The van der Waals surface area contributed by atoms with Crippen molar-refractivity contribution in [2.45, 2.75) is 61.3 Å². The topological polar surface area (TPSA) is 0 Å². The van der Waals surface area contributed by atoms with E-state index in [-0.39, 0.29) is 0 Å². The van der Waals surface area contributed by atoms with E-state index in [9.17, 15) is 0 Å². The second-order valence-electron chi connectivity index (χ2n) is 3.49. The molecule has 2 aliphatic rings. The predicted molar refractivity (Wildman–Crippen MR) is 82.3 cm³/mol. The third-order valence-corrected chi connectivity index (χ3v) is 2.71. The van der Waals surface area contributed by atoms with Gasteiger partial charge in [0.05, 0.1) is 0 Å². The van der Waals surface area contributed by atoms with Gasteiger partial charge in [-0.3, -0.25) is 0 Å². The number of hydrogen-bond acceptors (Lipinski definition) is 0. The molecule has 0 aliphatic heterocycles. The normalized spacial score (nSPS) is 23.6. The maximum absolute atomic E-state index is 2.36. The molecule has 0 spiro atoms. The molecule has 2 rings (SSSR count). The molecule has 0 saturated carbocycles. The van der Waals surface area contributed by atoms with E-state index < -0.39 is 0 Å². The van der Waals surface area contributed by atoms with Crippen LogP contribution in [0.5, 0.6) is 0 Å². The smallest absolute Gasteiger partial charge is 0.00401 e. The molecule has 0 aromatic rings. The van der Waals surface area contributed by atoms with E-state index in [0.717, 1.165) is 5.92 Å². The quantitative estimate of drug-likeness (QED) is 0.442. The minimum atomic E-state index is 0.716. The zero-order valence-corrected chi connectivity index (χ0v) is 13.0. The molecule has 0 aromatic heterocycles. The van der Waals surface area contributed by atoms with Gasteiger partial charge < -0.3 is 0 Å². The van der Waals surface area contributed by atoms with Crippen LogP contribution in [0.15, 0.2) is 36.0 Å². The van der Waals surface area contributed by atoms with Crippen LogP contribution in [0.25, 0.3) is 0 Å². The first kappa shape index (κ1) is 18.6. The van der Waals surface area contributed by atoms with Crippen molar-refractivity contribution < 1.29 is 0 Å². The lowest BCUT2D eigenvalue weighted by atomic mass is 9.77. The highest BCUT2D eigenvalue weighted by Crippen LogP contribution is 2.33. The fourth-order valence-corrected chi connectivity index (χ4v) is 2.02. The second-order valence-corrected chi connectivity index (χ2v) is 3.49. The lowest BCUT2D eigenvalue weighted by Crippen LogP contribution is -2.16. The van der Waals surface area contributed by atoms with Crippen LogP contribution in [0.2, 0.25) is 0 Å². The molecule has 0 heteroatoms. The molecule has 17 heavy (non-hydrogen) atoms. The zero-order chi connectivity index (χ0) is 13.7.